The summed E-state index contributed by atoms with van der Waals surface area (Å²) in [6.45, 7) is 1.77. The molecule has 0 saturated heterocycles. The highest BCUT2D eigenvalue weighted by Crippen LogP contribution is 2.31. The van der Waals surface area contributed by atoms with Crippen LogP contribution in [0.3, 0.4) is 0 Å². The van der Waals surface area contributed by atoms with E-state index in [2.05, 4.69) is 5.32 Å². The van der Waals surface area contributed by atoms with Crippen LogP contribution < -0.4 is 5.32 Å². The Morgan fingerprint density at radius 3 is 2.60 bits per heavy atom. The summed E-state index contributed by atoms with van der Waals surface area (Å²) in [5, 5.41) is 2.59. The SMILES string of the molecule is CSCCC(C)NC(=O)c1ccc(F)c(C(F)(F)F)c1. The number of carbonyl (C=O) groups excluding carboxylic acids is 1. The minimum absolute atomic E-state index is 0.158. The van der Waals surface area contributed by atoms with Crippen LogP contribution in [0.5, 0.6) is 0 Å². The van der Waals surface area contributed by atoms with Crippen LogP contribution in [0, 0.1) is 5.82 Å². The summed E-state index contributed by atoms with van der Waals surface area (Å²) in [5.41, 5.74) is -1.63. The van der Waals surface area contributed by atoms with Gasteiger partial charge in [-0.3, -0.25) is 4.79 Å². The van der Waals surface area contributed by atoms with Crippen molar-refractivity contribution in [3.05, 3.63) is 35.1 Å². The minimum Gasteiger partial charge on any atom is -0.350 e. The highest BCUT2D eigenvalue weighted by atomic mass is 32.2. The Labute approximate surface area is 118 Å². The largest absolute Gasteiger partial charge is 0.419 e. The third kappa shape index (κ3) is 4.70. The van der Waals surface area contributed by atoms with E-state index in [1.807, 2.05) is 6.26 Å². The Hall–Kier alpha value is -1.24. The van der Waals surface area contributed by atoms with Gasteiger partial charge in [0.25, 0.3) is 5.91 Å². The Balaban J connectivity index is 2.84. The number of rotatable bonds is 5. The summed E-state index contributed by atoms with van der Waals surface area (Å²) in [6, 6.07) is 2.08. The standard InChI is InChI=1S/C13H15F4NOS/c1-8(5-6-20-2)18-12(19)9-3-4-11(14)10(7-9)13(15,16)17/h3-4,7-8H,5-6H2,1-2H3,(H,18,19). The van der Waals surface area contributed by atoms with Gasteiger partial charge in [0.1, 0.15) is 5.82 Å². The average molecular weight is 309 g/mol. The van der Waals surface area contributed by atoms with Crippen LogP contribution >= 0.6 is 11.8 Å². The number of nitrogens with one attached hydrogen (secondary N) is 1. The Bertz CT molecular complexity index is 476. The number of benzene rings is 1. The van der Waals surface area contributed by atoms with Gasteiger partial charge in [-0.05, 0) is 43.6 Å². The first-order valence-electron chi connectivity index (χ1n) is 5.92. The zero-order valence-electron chi connectivity index (χ0n) is 11.1. The van der Waals surface area contributed by atoms with Crippen molar-refractivity contribution in [3.8, 4) is 0 Å². The molecule has 0 spiro atoms. The van der Waals surface area contributed by atoms with E-state index in [1.54, 1.807) is 18.7 Å². The highest BCUT2D eigenvalue weighted by Gasteiger charge is 2.34. The number of hydrogen-bond acceptors (Lipinski definition) is 2. The molecule has 0 bridgehead atoms. The molecule has 112 valence electrons. The monoisotopic (exact) mass is 309 g/mol. The molecule has 1 rings (SSSR count). The fourth-order valence-electron chi connectivity index (χ4n) is 1.56. The summed E-state index contributed by atoms with van der Waals surface area (Å²) in [6.07, 6.45) is -2.19. The van der Waals surface area contributed by atoms with E-state index in [0.717, 1.165) is 11.8 Å². The maximum Gasteiger partial charge on any atom is 0.419 e. The van der Waals surface area contributed by atoms with Crippen molar-refractivity contribution in [2.75, 3.05) is 12.0 Å². The van der Waals surface area contributed by atoms with Gasteiger partial charge >= 0.3 is 6.18 Å². The zero-order valence-corrected chi connectivity index (χ0v) is 11.9. The lowest BCUT2D eigenvalue weighted by Crippen LogP contribution is -2.33. The first-order valence-corrected chi connectivity index (χ1v) is 7.31. The minimum atomic E-state index is -4.81. The van der Waals surface area contributed by atoms with Crippen molar-refractivity contribution < 1.29 is 22.4 Å². The third-order valence-corrected chi connectivity index (χ3v) is 3.31. The number of halogens is 4. The number of thioether (sulfide) groups is 1. The quantitative estimate of drug-likeness (QED) is 0.840. The first-order chi connectivity index (χ1) is 9.25. The molecule has 0 aromatic heterocycles. The molecule has 1 N–H and O–H groups in total. The van der Waals surface area contributed by atoms with Crippen molar-refractivity contribution in [1.29, 1.82) is 0 Å². The topological polar surface area (TPSA) is 29.1 Å². The number of hydrogen-bond donors (Lipinski definition) is 1. The van der Waals surface area contributed by atoms with Crippen LogP contribution in [-0.2, 0) is 6.18 Å². The summed E-state index contributed by atoms with van der Waals surface area (Å²) in [5.74, 6) is -1.19. The van der Waals surface area contributed by atoms with Gasteiger partial charge in [0, 0.05) is 11.6 Å². The van der Waals surface area contributed by atoms with E-state index in [-0.39, 0.29) is 11.6 Å². The van der Waals surface area contributed by atoms with E-state index >= 15 is 0 Å². The number of carbonyl (C=O) groups is 1. The molecule has 0 saturated carbocycles. The fraction of sp³-hybridized carbons (Fsp3) is 0.462. The molecule has 1 aromatic carbocycles. The average Bonchev–Trinajstić information content (AvgIpc) is 2.35. The molecule has 0 aliphatic rings. The second-order valence-electron chi connectivity index (χ2n) is 4.35. The van der Waals surface area contributed by atoms with Crippen molar-refractivity contribution in [1.82, 2.24) is 5.32 Å². The van der Waals surface area contributed by atoms with Crippen molar-refractivity contribution in [2.24, 2.45) is 0 Å². The molecule has 0 aliphatic heterocycles. The van der Waals surface area contributed by atoms with Crippen molar-refractivity contribution >= 4 is 17.7 Å². The first kappa shape index (κ1) is 16.8. The lowest BCUT2D eigenvalue weighted by atomic mass is 10.1. The maximum absolute atomic E-state index is 13.1. The van der Waals surface area contributed by atoms with E-state index in [1.165, 1.54) is 0 Å². The molecule has 20 heavy (non-hydrogen) atoms. The van der Waals surface area contributed by atoms with E-state index in [0.29, 0.717) is 18.6 Å². The van der Waals surface area contributed by atoms with Crippen LogP contribution in [0.4, 0.5) is 17.6 Å². The van der Waals surface area contributed by atoms with Gasteiger partial charge in [-0.2, -0.15) is 24.9 Å². The lowest BCUT2D eigenvalue weighted by Gasteiger charge is -2.14. The van der Waals surface area contributed by atoms with Gasteiger partial charge in [-0.1, -0.05) is 0 Å². The van der Waals surface area contributed by atoms with Crippen LogP contribution in [0.25, 0.3) is 0 Å². The van der Waals surface area contributed by atoms with Crippen LogP contribution in [-0.4, -0.2) is 24.0 Å². The Kier molecular flexibility index (Phi) is 5.86. The van der Waals surface area contributed by atoms with Gasteiger partial charge in [0.05, 0.1) is 5.56 Å². The van der Waals surface area contributed by atoms with Crippen LogP contribution in [0.1, 0.15) is 29.3 Å². The number of amides is 1. The lowest BCUT2D eigenvalue weighted by molar-refractivity contribution is -0.140. The van der Waals surface area contributed by atoms with E-state index in [9.17, 15) is 22.4 Å². The second kappa shape index (κ2) is 6.97. The van der Waals surface area contributed by atoms with Crippen molar-refractivity contribution in [2.45, 2.75) is 25.6 Å². The van der Waals surface area contributed by atoms with Crippen LogP contribution in [0.15, 0.2) is 18.2 Å². The fourth-order valence-corrected chi connectivity index (χ4v) is 2.15. The summed E-state index contributed by atoms with van der Waals surface area (Å²) in [7, 11) is 0. The molecule has 1 unspecified atom stereocenters. The molecule has 0 radical (unpaired) electrons. The van der Waals surface area contributed by atoms with E-state index in [4.69, 9.17) is 0 Å². The number of alkyl halides is 3. The molecular weight excluding hydrogens is 294 g/mol. The molecule has 0 heterocycles. The summed E-state index contributed by atoms with van der Waals surface area (Å²) < 4.78 is 50.7. The third-order valence-electron chi connectivity index (χ3n) is 2.67. The molecule has 0 aliphatic carbocycles. The zero-order chi connectivity index (χ0) is 15.3. The van der Waals surface area contributed by atoms with Crippen LogP contribution in [0.2, 0.25) is 0 Å². The van der Waals surface area contributed by atoms with Gasteiger partial charge in [0.15, 0.2) is 0 Å². The van der Waals surface area contributed by atoms with E-state index < -0.39 is 23.5 Å². The van der Waals surface area contributed by atoms with Gasteiger partial charge < -0.3 is 5.32 Å². The summed E-state index contributed by atoms with van der Waals surface area (Å²) >= 11 is 1.61. The normalized spacial score (nSPS) is 13.1. The highest BCUT2D eigenvalue weighted by molar-refractivity contribution is 7.98. The molecule has 7 heteroatoms. The Morgan fingerprint density at radius 2 is 2.05 bits per heavy atom. The van der Waals surface area contributed by atoms with Crippen molar-refractivity contribution in [3.63, 3.8) is 0 Å². The Morgan fingerprint density at radius 1 is 1.40 bits per heavy atom. The van der Waals surface area contributed by atoms with Gasteiger partial charge in [-0.15, -0.1) is 0 Å². The molecule has 1 amide bonds. The second-order valence-corrected chi connectivity index (χ2v) is 5.33. The van der Waals surface area contributed by atoms with Gasteiger partial charge in [-0.25, -0.2) is 4.39 Å². The molecular formula is C13H15F4NOS. The summed E-state index contributed by atoms with van der Waals surface area (Å²) in [4.78, 5) is 11.8. The molecule has 1 aromatic rings. The van der Waals surface area contributed by atoms with Gasteiger partial charge in [0.2, 0.25) is 0 Å². The molecule has 0 fully saturated rings. The molecule has 2 nitrogen and oxygen atoms in total. The predicted octanol–water partition coefficient (Wildman–Crippen LogP) is 3.72. The maximum atomic E-state index is 13.1. The predicted molar refractivity (Wildman–Crippen MR) is 71.3 cm³/mol. The smallest absolute Gasteiger partial charge is 0.350 e. The molecule has 1 atom stereocenters.